The van der Waals surface area contributed by atoms with Gasteiger partial charge >= 0.3 is 5.97 Å². The van der Waals surface area contributed by atoms with Gasteiger partial charge in [0.05, 0.1) is 23.6 Å². The van der Waals surface area contributed by atoms with Crippen LogP contribution < -0.4 is 14.8 Å². The number of thiophene rings is 1. The quantitative estimate of drug-likeness (QED) is 0.459. The van der Waals surface area contributed by atoms with Gasteiger partial charge in [-0.25, -0.2) is 13.2 Å². The molecule has 0 aliphatic carbocycles. The van der Waals surface area contributed by atoms with Crippen molar-refractivity contribution in [3.8, 4) is 5.75 Å². The highest BCUT2D eigenvalue weighted by molar-refractivity contribution is 7.92. The van der Waals surface area contributed by atoms with Crippen LogP contribution in [0.2, 0.25) is 0 Å². The Bertz CT molecular complexity index is 1180. The van der Waals surface area contributed by atoms with Crippen molar-refractivity contribution < 1.29 is 27.5 Å². The second kappa shape index (κ2) is 10.3. The maximum atomic E-state index is 12.7. The number of methoxy groups -OCH3 is 1. The van der Waals surface area contributed by atoms with Crippen molar-refractivity contribution >= 4 is 38.9 Å². The van der Waals surface area contributed by atoms with E-state index in [9.17, 15) is 18.0 Å². The number of carbonyl (C=O) groups excluding carboxylic acids is 2. The molecule has 3 rings (SSSR count). The summed E-state index contributed by atoms with van der Waals surface area (Å²) in [6.07, 6.45) is 0. The number of carbonyl (C=O) groups is 2. The first-order valence-corrected chi connectivity index (χ1v) is 11.9. The first-order chi connectivity index (χ1) is 15.3. The summed E-state index contributed by atoms with van der Waals surface area (Å²) >= 11 is 1.51. The van der Waals surface area contributed by atoms with Crippen LogP contribution in [-0.4, -0.2) is 34.0 Å². The van der Waals surface area contributed by atoms with Crippen LogP contribution >= 0.6 is 11.3 Å². The largest absolute Gasteiger partial charge is 0.497 e. The Morgan fingerprint density at radius 2 is 1.81 bits per heavy atom. The number of benzene rings is 2. The van der Waals surface area contributed by atoms with Gasteiger partial charge in [0.2, 0.25) is 0 Å². The van der Waals surface area contributed by atoms with Crippen molar-refractivity contribution in [1.82, 2.24) is 5.32 Å². The molecule has 2 aromatic carbocycles. The molecule has 1 aromatic heterocycles. The van der Waals surface area contributed by atoms with Crippen molar-refractivity contribution in [2.75, 3.05) is 18.4 Å². The van der Waals surface area contributed by atoms with E-state index in [1.807, 2.05) is 24.4 Å². The first-order valence-electron chi connectivity index (χ1n) is 9.55. The number of hydrogen-bond donors (Lipinski definition) is 2. The maximum Gasteiger partial charge on any atom is 0.338 e. The normalized spacial score (nSPS) is 11.9. The third kappa shape index (κ3) is 6.08. The second-order valence-electron chi connectivity index (χ2n) is 6.74. The van der Waals surface area contributed by atoms with Crippen LogP contribution in [0.15, 0.2) is 70.9 Å². The number of hydrogen-bond acceptors (Lipinski definition) is 7. The Hall–Kier alpha value is -3.37. The van der Waals surface area contributed by atoms with Crippen molar-refractivity contribution in [2.45, 2.75) is 17.9 Å². The highest BCUT2D eigenvalue weighted by Crippen LogP contribution is 2.20. The van der Waals surface area contributed by atoms with E-state index in [0.717, 1.165) is 4.88 Å². The molecule has 10 heteroatoms. The molecule has 3 aromatic rings. The van der Waals surface area contributed by atoms with Crippen LogP contribution in [0.3, 0.4) is 0 Å². The molecule has 0 aliphatic rings. The standard InChI is InChI=1S/C22H22N2O6S2/c1-15(20-7-4-12-31-20)23-21(25)14-30-22(26)16-5-3-6-19(13-16)32(27,28)24-17-8-10-18(29-2)11-9-17/h3-13,15,24H,14H2,1-2H3,(H,23,25)/t15-/m1/s1. The lowest BCUT2D eigenvalue weighted by Crippen LogP contribution is -2.30. The average Bonchev–Trinajstić information content (AvgIpc) is 3.33. The van der Waals surface area contributed by atoms with Gasteiger partial charge in [-0.05, 0) is 60.8 Å². The van der Waals surface area contributed by atoms with Gasteiger partial charge in [0, 0.05) is 10.6 Å². The van der Waals surface area contributed by atoms with Gasteiger partial charge in [-0.15, -0.1) is 11.3 Å². The van der Waals surface area contributed by atoms with Gasteiger partial charge < -0.3 is 14.8 Å². The van der Waals surface area contributed by atoms with E-state index in [0.29, 0.717) is 11.4 Å². The van der Waals surface area contributed by atoms with E-state index in [4.69, 9.17) is 9.47 Å². The topological polar surface area (TPSA) is 111 Å². The predicted octanol–water partition coefficient (Wildman–Crippen LogP) is 3.59. The van der Waals surface area contributed by atoms with Crippen molar-refractivity contribution in [1.29, 1.82) is 0 Å². The molecule has 0 saturated heterocycles. The Kier molecular flexibility index (Phi) is 7.49. The molecule has 8 nitrogen and oxygen atoms in total. The maximum absolute atomic E-state index is 12.7. The number of sulfonamides is 1. The van der Waals surface area contributed by atoms with E-state index < -0.39 is 28.5 Å². The molecule has 0 aliphatic heterocycles. The molecule has 1 atom stereocenters. The second-order valence-corrected chi connectivity index (χ2v) is 9.40. The summed E-state index contributed by atoms with van der Waals surface area (Å²) < 4.78 is 37.9. The van der Waals surface area contributed by atoms with Crippen molar-refractivity contribution in [3.05, 3.63) is 76.5 Å². The number of anilines is 1. The number of amides is 1. The van der Waals surface area contributed by atoms with E-state index >= 15 is 0 Å². The summed E-state index contributed by atoms with van der Waals surface area (Å²) in [5.74, 6) is -0.666. The lowest BCUT2D eigenvalue weighted by molar-refractivity contribution is -0.124. The molecule has 0 radical (unpaired) electrons. The summed E-state index contributed by atoms with van der Waals surface area (Å²) in [5, 5.41) is 4.64. The molecule has 2 N–H and O–H groups in total. The van der Waals surface area contributed by atoms with Crippen LogP contribution in [-0.2, 0) is 19.6 Å². The fraction of sp³-hybridized carbons (Fsp3) is 0.182. The zero-order valence-electron chi connectivity index (χ0n) is 17.4. The van der Waals surface area contributed by atoms with E-state index in [1.54, 1.807) is 24.3 Å². The smallest absolute Gasteiger partial charge is 0.338 e. The van der Waals surface area contributed by atoms with E-state index in [2.05, 4.69) is 10.0 Å². The first kappa shape index (κ1) is 23.3. The van der Waals surface area contributed by atoms with Gasteiger partial charge in [0.25, 0.3) is 15.9 Å². The average molecular weight is 475 g/mol. The molecule has 32 heavy (non-hydrogen) atoms. The zero-order valence-corrected chi connectivity index (χ0v) is 19.0. The number of ether oxygens (including phenoxy) is 2. The van der Waals surface area contributed by atoms with Gasteiger partial charge in [-0.1, -0.05) is 12.1 Å². The molecular formula is C22H22N2O6S2. The molecule has 0 bridgehead atoms. The number of nitrogens with one attached hydrogen (secondary N) is 2. The summed E-state index contributed by atoms with van der Waals surface area (Å²) in [6, 6.07) is 15.3. The van der Waals surface area contributed by atoms with E-state index in [1.165, 1.54) is 42.7 Å². The zero-order chi connectivity index (χ0) is 23.1. The molecule has 0 spiro atoms. The summed E-state index contributed by atoms with van der Waals surface area (Å²) in [4.78, 5) is 25.3. The number of esters is 1. The molecule has 1 heterocycles. The molecule has 0 unspecified atom stereocenters. The van der Waals surface area contributed by atoms with Crippen LogP contribution in [0.5, 0.6) is 5.75 Å². The predicted molar refractivity (Wildman–Crippen MR) is 121 cm³/mol. The Labute approximate surface area is 190 Å². The third-order valence-electron chi connectivity index (χ3n) is 4.40. The molecule has 0 fully saturated rings. The fourth-order valence-electron chi connectivity index (χ4n) is 2.77. The minimum absolute atomic E-state index is 0.0155. The van der Waals surface area contributed by atoms with Gasteiger partial charge in [-0.3, -0.25) is 9.52 Å². The van der Waals surface area contributed by atoms with Gasteiger partial charge in [0.15, 0.2) is 6.61 Å². The minimum atomic E-state index is -3.94. The third-order valence-corrected chi connectivity index (χ3v) is 6.84. The monoisotopic (exact) mass is 474 g/mol. The summed E-state index contributed by atoms with van der Waals surface area (Å²) in [5.41, 5.74) is 0.358. The van der Waals surface area contributed by atoms with Crippen molar-refractivity contribution in [2.24, 2.45) is 0 Å². The highest BCUT2D eigenvalue weighted by Gasteiger charge is 2.18. The highest BCUT2D eigenvalue weighted by atomic mass is 32.2. The van der Waals surface area contributed by atoms with Gasteiger partial charge in [0.1, 0.15) is 5.75 Å². The Balaban J connectivity index is 1.61. The van der Waals surface area contributed by atoms with Gasteiger partial charge in [-0.2, -0.15) is 0 Å². The van der Waals surface area contributed by atoms with E-state index in [-0.39, 0.29) is 16.5 Å². The Morgan fingerprint density at radius 3 is 2.47 bits per heavy atom. The fourth-order valence-corrected chi connectivity index (χ4v) is 4.61. The molecule has 168 valence electrons. The van der Waals surface area contributed by atoms with Crippen molar-refractivity contribution in [3.63, 3.8) is 0 Å². The molecule has 0 saturated carbocycles. The summed E-state index contributed by atoms with van der Waals surface area (Å²) in [6.45, 7) is 1.35. The Morgan fingerprint density at radius 1 is 1.06 bits per heavy atom. The summed E-state index contributed by atoms with van der Waals surface area (Å²) in [7, 11) is -2.43. The van der Waals surface area contributed by atoms with Crippen LogP contribution in [0, 0.1) is 0 Å². The lowest BCUT2D eigenvalue weighted by Gasteiger charge is -2.13. The SMILES string of the molecule is COc1ccc(NS(=O)(=O)c2cccc(C(=O)OCC(=O)N[C@H](C)c3cccs3)c2)cc1. The minimum Gasteiger partial charge on any atom is -0.497 e. The number of rotatable bonds is 9. The van der Waals surface area contributed by atoms with Crippen LogP contribution in [0.25, 0.3) is 0 Å². The molecular weight excluding hydrogens is 452 g/mol. The van der Waals surface area contributed by atoms with Crippen LogP contribution in [0.1, 0.15) is 28.2 Å². The van der Waals surface area contributed by atoms with Crippen LogP contribution in [0.4, 0.5) is 5.69 Å². The molecule has 1 amide bonds. The lowest BCUT2D eigenvalue weighted by atomic mass is 10.2.